The minimum absolute atomic E-state index is 0.0932. The van der Waals surface area contributed by atoms with Gasteiger partial charge in [-0.15, -0.1) is 0 Å². The molecule has 1 saturated heterocycles. The highest BCUT2D eigenvalue weighted by Gasteiger charge is 2.23. The summed E-state index contributed by atoms with van der Waals surface area (Å²) in [6.45, 7) is 1.62. The molecule has 0 aromatic heterocycles. The average molecular weight is 293 g/mol. The molecule has 1 aliphatic rings. The second kappa shape index (κ2) is 5.33. The summed E-state index contributed by atoms with van der Waals surface area (Å²) >= 11 is 14.0. The molecule has 1 aromatic rings. The molecule has 4 nitrogen and oxygen atoms in total. The standard InChI is InChI=1S/C10H10Cl2N2O2S/c11-7-1-2-8(14(15)16)9(12)10(7)13-3-5-17-6-4-13/h1-2H,3-6H2. The Kier molecular flexibility index (Phi) is 4.01. The first kappa shape index (κ1) is 12.8. The molecule has 0 saturated carbocycles. The molecule has 0 bridgehead atoms. The predicted octanol–water partition coefficient (Wildman–Crippen LogP) is 3.45. The van der Waals surface area contributed by atoms with Gasteiger partial charge in [-0.2, -0.15) is 11.8 Å². The Labute approximate surface area is 113 Å². The largest absolute Gasteiger partial charge is 0.367 e. The van der Waals surface area contributed by atoms with Gasteiger partial charge in [-0.05, 0) is 6.07 Å². The van der Waals surface area contributed by atoms with E-state index in [1.54, 1.807) is 0 Å². The fraction of sp³-hybridized carbons (Fsp3) is 0.400. The van der Waals surface area contributed by atoms with E-state index in [9.17, 15) is 10.1 Å². The van der Waals surface area contributed by atoms with Gasteiger partial charge in [0.05, 0.1) is 15.6 Å². The monoisotopic (exact) mass is 292 g/mol. The fourth-order valence-corrected chi connectivity index (χ4v) is 3.33. The highest BCUT2D eigenvalue weighted by Crippen LogP contribution is 2.40. The number of rotatable bonds is 2. The Morgan fingerprint density at radius 3 is 2.53 bits per heavy atom. The molecule has 0 aliphatic carbocycles. The number of hydrogen-bond acceptors (Lipinski definition) is 4. The molecule has 0 radical (unpaired) electrons. The van der Waals surface area contributed by atoms with Gasteiger partial charge in [-0.25, -0.2) is 0 Å². The molecule has 1 aliphatic heterocycles. The molecule has 1 fully saturated rings. The van der Waals surface area contributed by atoms with Crippen LogP contribution in [0, 0.1) is 10.1 Å². The minimum Gasteiger partial charge on any atom is -0.367 e. The van der Waals surface area contributed by atoms with Crippen molar-refractivity contribution in [3.8, 4) is 0 Å². The van der Waals surface area contributed by atoms with Gasteiger partial charge in [0.25, 0.3) is 5.69 Å². The van der Waals surface area contributed by atoms with Crippen LogP contribution in [0.15, 0.2) is 12.1 Å². The van der Waals surface area contributed by atoms with Crippen LogP contribution in [0.1, 0.15) is 0 Å². The lowest BCUT2D eigenvalue weighted by molar-refractivity contribution is -0.384. The second-order valence-electron chi connectivity index (χ2n) is 3.59. The molecule has 1 aromatic carbocycles. The van der Waals surface area contributed by atoms with Gasteiger partial charge in [0, 0.05) is 30.7 Å². The minimum atomic E-state index is -0.485. The van der Waals surface area contributed by atoms with Crippen LogP contribution in [0.2, 0.25) is 10.0 Å². The van der Waals surface area contributed by atoms with Gasteiger partial charge in [-0.3, -0.25) is 10.1 Å². The summed E-state index contributed by atoms with van der Waals surface area (Å²) in [6, 6.07) is 2.87. The van der Waals surface area contributed by atoms with Crippen LogP contribution in [-0.4, -0.2) is 29.5 Å². The molecule has 0 amide bonds. The number of halogens is 2. The first-order valence-corrected chi connectivity index (χ1v) is 6.97. The quantitative estimate of drug-likeness (QED) is 0.619. The maximum atomic E-state index is 10.8. The summed E-state index contributed by atoms with van der Waals surface area (Å²) < 4.78 is 0. The summed E-state index contributed by atoms with van der Waals surface area (Å²) in [6.07, 6.45) is 0. The van der Waals surface area contributed by atoms with Crippen LogP contribution in [0.4, 0.5) is 11.4 Å². The zero-order valence-electron chi connectivity index (χ0n) is 8.86. The van der Waals surface area contributed by atoms with Crippen molar-refractivity contribution in [2.24, 2.45) is 0 Å². The van der Waals surface area contributed by atoms with E-state index in [4.69, 9.17) is 23.2 Å². The lowest BCUT2D eigenvalue weighted by atomic mass is 10.2. The van der Waals surface area contributed by atoms with E-state index in [1.165, 1.54) is 12.1 Å². The van der Waals surface area contributed by atoms with E-state index in [0.29, 0.717) is 10.7 Å². The van der Waals surface area contributed by atoms with Crippen molar-refractivity contribution in [3.05, 3.63) is 32.3 Å². The van der Waals surface area contributed by atoms with E-state index in [1.807, 2.05) is 16.7 Å². The number of anilines is 1. The van der Waals surface area contributed by atoms with Gasteiger partial charge in [0.1, 0.15) is 5.02 Å². The Morgan fingerprint density at radius 2 is 1.94 bits per heavy atom. The topological polar surface area (TPSA) is 46.4 Å². The fourth-order valence-electron chi connectivity index (χ4n) is 1.75. The van der Waals surface area contributed by atoms with Crippen molar-refractivity contribution < 1.29 is 4.92 Å². The van der Waals surface area contributed by atoms with Crippen LogP contribution in [0.3, 0.4) is 0 Å². The van der Waals surface area contributed by atoms with E-state index in [-0.39, 0.29) is 10.7 Å². The van der Waals surface area contributed by atoms with Crippen molar-refractivity contribution in [1.29, 1.82) is 0 Å². The normalized spacial score (nSPS) is 16.0. The van der Waals surface area contributed by atoms with Gasteiger partial charge < -0.3 is 4.90 Å². The lowest BCUT2D eigenvalue weighted by Gasteiger charge is -2.29. The molecule has 0 N–H and O–H groups in total. The number of thioether (sulfide) groups is 1. The lowest BCUT2D eigenvalue weighted by Crippen LogP contribution is -2.32. The Morgan fingerprint density at radius 1 is 1.29 bits per heavy atom. The zero-order valence-corrected chi connectivity index (χ0v) is 11.2. The molecule has 0 unspecified atom stereocenters. The molecular formula is C10H10Cl2N2O2S. The Bertz CT molecular complexity index is 450. The number of hydrogen-bond donors (Lipinski definition) is 0. The van der Waals surface area contributed by atoms with Crippen LogP contribution < -0.4 is 4.90 Å². The summed E-state index contributed by atoms with van der Waals surface area (Å²) in [5, 5.41) is 11.4. The highest BCUT2D eigenvalue weighted by atomic mass is 35.5. The highest BCUT2D eigenvalue weighted by molar-refractivity contribution is 7.99. The van der Waals surface area contributed by atoms with E-state index in [2.05, 4.69) is 0 Å². The van der Waals surface area contributed by atoms with Crippen LogP contribution >= 0.6 is 35.0 Å². The molecule has 7 heteroatoms. The van der Waals surface area contributed by atoms with Crippen molar-refractivity contribution >= 4 is 46.3 Å². The molecule has 0 atom stereocenters. The predicted molar refractivity (Wildman–Crippen MR) is 72.7 cm³/mol. The van der Waals surface area contributed by atoms with Crippen molar-refractivity contribution in [1.82, 2.24) is 0 Å². The number of nitro benzene ring substituents is 1. The molecular weight excluding hydrogens is 283 g/mol. The third kappa shape index (κ3) is 2.61. The first-order valence-electron chi connectivity index (χ1n) is 5.06. The molecule has 0 spiro atoms. The van der Waals surface area contributed by atoms with E-state index < -0.39 is 4.92 Å². The van der Waals surface area contributed by atoms with Crippen molar-refractivity contribution in [2.75, 3.05) is 29.5 Å². The maximum absolute atomic E-state index is 10.8. The number of benzene rings is 1. The molecule has 17 heavy (non-hydrogen) atoms. The average Bonchev–Trinajstić information content (AvgIpc) is 2.30. The van der Waals surface area contributed by atoms with Crippen LogP contribution in [-0.2, 0) is 0 Å². The van der Waals surface area contributed by atoms with E-state index >= 15 is 0 Å². The van der Waals surface area contributed by atoms with Gasteiger partial charge in [0.15, 0.2) is 0 Å². The molecule has 1 heterocycles. The van der Waals surface area contributed by atoms with Crippen LogP contribution in [0.25, 0.3) is 0 Å². The molecule has 92 valence electrons. The smallest absolute Gasteiger partial charge is 0.290 e. The number of nitrogens with zero attached hydrogens (tertiary/aromatic N) is 2. The van der Waals surface area contributed by atoms with Crippen molar-refractivity contribution in [3.63, 3.8) is 0 Å². The van der Waals surface area contributed by atoms with Gasteiger partial charge in [0.2, 0.25) is 0 Å². The summed E-state index contributed by atoms with van der Waals surface area (Å²) in [4.78, 5) is 12.3. The Balaban J connectivity index is 2.43. The maximum Gasteiger partial charge on any atom is 0.290 e. The van der Waals surface area contributed by atoms with Crippen LogP contribution in [0.5, 0.6) is 0 Å². The summed E-state index contributed by atoms with van der Waals surface area (Å²) in [5.74, 6) is 1.96. The van der Waals surface area contributed by atoms with Gasteiger partial charge >= 0.3 is 0 Å². The summed E-state index contributed by atoms with van der Waals surface area (Å²) in [7, 11) is 0. The van der Waals surface area contributed by atoms with E-state index in [0.717, 1.165) is 24.6 Å². The SMILES string of the molecule is O=[N+]([O-])c1ccc(Cl)c(N2CCSCC2)c1Cl. The molecule has 2 rings (SSSR count). The zero-order chi connectivity index (χ0) is 12.4. The first-order chi connectivity index (χ1) is 8.11. The number of nitro groups is 1. The Hall–Kier alpha value is -0.650. The third-order valence-electron chi connectivity index (χ3n) is 2.57. The summed E-state index contributed by atoms with van der Waals surface area (Å²) in [5.41, 5.74) is 0.493. The van der Waals surface area contributed by atoms with Gasteiger partial charge in [-0.1, -0.05) is 23.2 Å². The third-order valence-corrected chi connectivity index (χ3v) is 4.19. The van der Waals surface area contributed by atoms with Crippen molar-refractivity contribution in [2.45, 2.75) is 0 Å². The second-order valence-corrected chi connectivity index (χ2v) is 5.60.